The fourth-order valence-electron chi connectivity index (χ4n) is 4.10. The van der Waals surface area contributed by atoms with Crippen LogP contribution in [0.25, 0.3) is 0 Å². The van der Waals surface area contributed by atoms with Gasteiger partial charge in [-0.1, -0.05) is 43.3 Å². The normalized spacial score (nSPS) is 24.1. The monoisotopic (exact) mass is 298 g/mol. The Balaban J connectivity index is 2.01. The van der Waals surface area contributed by atoms with Crippen LogP contribution in [-0.4, -0.2) is 18.2 Å². The van der Waals surface area contributed by atoms with Crippen LogP contribution in [0, 0.1) is 5.92 Å². The van der Waals surface area contributed by atoms with Gasteiger partial charge < -0.3 is 9.42 Å². The van der Waals surface area contributed by atoms with E-state index in [-0.39, 0.29) is 0 Å². The summed E-state index contributed by atoms with van der Waals surface area (Å²) in [5.41, 5.74) is 5.28. The quantitative estimate of drug-likeness (QED) is 0.826. The van der Waals surface area contributed by atoms with E-state index >= 15 is 0 Å². The Morgan fingerprint density at radius 3 is 2.64 bits per heavy atom. The molecule has 0 fully saturated rings. The van der Waals surface area contributed by atoms with Gasteiger partial charge in [0, 0.05) is 19.0 Å². The third kappa shape index (κ3) is 2.43. The summed E-state index contributed by atoms with van der Waals surface area (Å²) in [6.07, 6.45) is 2.94. The van der Waals surface area contributed by atoms with E-state index in [0.717, 1.165) is 25.2 Å². The number of hydrogen-bond donors (Lipinski definition) is 0. The first-order valence-electron chi connectivity index (χ1n) is 8.44. The lowest BCUT2D eigenvalue weighted by Gasteiger charge is -2.36. The first-order chi connectivity index (χ1) is 10.7. The van der Waals surface area contributed by atoms with Gasteiger partial charge in [-0.2, -0.15) is 0 Å². The van der Waals surface area contributed by atoms with Gasteiger partial charge in [0.15, 0.2) is 0 Å². The number of benzene rings is 1. The summed E-state index contributed by atoms with van der Waals surface area (Å²) in [5.74, 6) is 1.47. The number of anilines is 1. The summed E-state index contributed by atoms with van der Waals surface area (Å²) in [6.45, 7) is 11.0. The largest absolute Gasteiger partial charge is 0.368 e. The van der Waals surface area contributed by atoms with Gasteiger partial charge in [0.2, 0.25) is 0 Å². The minimum Gasteiger partial charge on any atom is -0.368 e. The molecule has 0 saturated carbocycles. The number of rotatable bonds is 4. The summed E-state index contributed by atoms with van der Waals surface area (Å²) in [7, 11) is 0. The van der Waals surface area contributed by atoms with Crippen LogP contribution in [-0.2, 0) is 6.42 Å². The third-order valence-corrected chi connectivity index (χ3v) is 5.24. The van der Waals surface area contributed by atoms with Crippen molar-refractivity contribution < 1.29 is 4.52 Å². The Morgan fingerprint density at radius 1 is 1.18 bits per heavy atom. The zero-order chi connectivity index (χ0) is 15.7. The van der Waals surface area contributed by atoms with Crippen molar-refractivity contribution in [3.8, 4) is 0 Å². The Bertz CT molecular complexity index is 630. The standard InChI is InChI=1S/C19H26N2O/c1-5-21(6-2)17-12-22-20-19(17)18-13(3)11-15-9-7-8-10-16(15)14(18)4/h7-10,12-14,18H,5-6,11H2,1-4H3. The molecule has 2 aromatic rings. The van der Waals surface area contributed by atoms with E-state index in [1.807, 2.05) is 6.26 Å². The van der Waals surface area contributed by atoms with E-state index < -0.39 is 0 Å². The molecule has 3 nitrogen and oxygen atoms in total. The number of aromatic nitrogens is 1. The van der Waals surface area contributed by atoms with Crippen molar-refractivity contribution >= 4 is 5.69 Å². The molecule has 0 radical (unpaired) electrons. The van der Waals surface area contributed by atoms with Crippen molar-refractivity contribution in [3.63, 3.8) is 0 Å². The second-order valence-electron chi connectivity index (χ2n) is 6.45. The van der Waals surface area contributed by atoms with E-state index in [9.17, 15) is 0 Å². The maximum Gasteiger partial charge on any atom is 0.147 e. The second kappa shape index (κ2) is 6.15. The van der Waals surface area contributed by atoms with E-state index in [4.69, 9.17) is 4.52 Å². The summed E-state index contributed by atoms with van der Waals surface area (Å²) >= 11 is 0. The molecular formula is C19H26N2O. The summed E-state index contributed by atoms with van der Waals surface area (Å²) in [6, 6.07) is 8.84. The molecule has 0 aliphatic heterocycles. The van der Waals surface area contributed by atoms with Crippen LogP contribution in [0.1, 0.15) is 56.4 Å². The van der Waals surface area contributed by atoms with Crippen molar-refractivity contribution in [1.29, 1.82) is 0 Å². The van der Waals surface area contributed by atoms with Gasteiger partial charge in [0.05, 0.1) is 0 Å². The van der Waals surface area contributed by atoms with Crippen LogP contribution in [0.15, 0.2) is 35.1 Å². The zero-order valence-corrected chi connectivity index (χ0v) is 14.0. The van der Waals surface area contributed by atoms with E-state index in [1.54, 1.807) is 0 Å². The van der Waals surface area contributed by atoms with Crippen LogP contribution in [0.4, 0.5) is 5.69 Å². The molecule has 0 spiro atoms. The Morgan fingerprint density at radius 2 is 1.91 bits per heavy atom. The molecule has 3 atom stereocenters. The first kappa shape index (κ1) is 15.1. The molecule has 22 heavy (non-hydrogen) atoms. The van der Waals surface area contributed by atoms with Gasteiger partial charge in [-0.15, -0.1) is 0 Å². The van der Waals surface area contributed by atoms with Crippen molar-refractivity contribution in [2.24, 2.45) is 5.92 Å². The summed E-state index contributed by atoms with van der Waals surface area (Å²) in [5, 5.41) is 4.41. The Labute approximate surface area is 133 Å². The average Bonchev–Trinajstić information content (AvgIpc) is 2.98. The van der Waals surface area contributed by atoms with Gasteiger partial charge in [0.1, 0.15) is 17.6 Å². The maximum absolute atomic E-state index is 5.38. The van der Waals surface area contributed by atoms with Crippen LogP contribution in [0.2, 0.25) is 0 Å². The van der Waals surface area contributed by atoms with Crippen molar-refractivity contribution in [3.05, 3.63) is 47.3 Å². The van der Waals surface area contributed by atoms with Gasteiger partial charge in [-0.25, -0.2) is 0 Å². The molecule has 0 amide bonds. The Kier molecular flexibility index (Phi) is 4.23. The van der Waals surface area contributed by atoms with Gasteiger partial charge in [-0.05, 0) is 43.2 Å². The SMILES string of the molecule is CCN(CC)c1conc1C1C(C)Cc2ccccc2C1C. The lowest BCUT2D eigenvalue weighted by molar-refractivity contribution is 0.342. The summed E-state index contributed by atoms with van der Waals surface area (Å²) < 4.78 is 5.38. The molecule has 0 bridgehead atoms. The highest BCUT2D eigenvalue weighted by Gasteiger charge is 2.36. The molecule has 3 heteroatoms. The van der Waals surface area contributed by atoms with Crippen LogP contribution in [0.3, 0.4) is 0 Å². The number of hydrogen-bond acceptors (Lipinski definition) is 3. The second-order valence-corrected chi connectivity index (χ2v) is 6.45. The third-order valence-electron chi connectivity index (χ3n) is 5.24. The van der Waals surface area contributed by atoms with Gasteiger partial charge in [-0.3, -0.25) is 0 Å². The zero-order valence-electron chi connectivity index (χ0n) is 14.0. The highest BCUT2D eigenvalue weighted by molar-refractivity contribution is 5.52. The van der Waals surface area contributed by atoms with Crippen molar-refractivity contribution in [2.45, 2.75) is 46.0 Å². The van der Waals surface area contributed by atoms with E-state index in [2.05, 4.69) is 62.0 Å². The molecule has 1 aliphatic carbocycles. The predicted molar refractivity (Wildman–Crippen MR) is 90.5 cm³/mol. The molecule has 1 aliphatic rings. The maximum atomic E-state index is 5.38. The summed E-state index contributed by atoms with van der Waals surface area (Å²) in [4.78, 5) is 2.34. The smallest absolute Gasteiger partial charge is 0.147 e. The Hall–Kier alpha value is -1.77. The highest BCUT2D eigenvalue weighted by atomic mass is 16.5. The van der Waals surface area contributed by atoms with Gasteiger partial charge in [0.25, 0.3) is 0 Å². The molecule has 1 aromatic carbocycles. The van der Waals surface area contributed by atoms with Crippen LogP contribution in [0.5, 0.6) is 0 Å². The molecule has 3 rings (SSSR count). The van der Waals surface area contributed by atoms with Gasteiger partial charge >= 0.3 is 0 Å². The average molecular weight is 298 g/mol. The van der Waals surface area contributed by atoms with E-state index in [0.29, 0.717) is 17.8 Å². The molecule has 0 N–H and O–H groups in total. The molecule has 1 aromatic heterocycles. The number of nitrogens with zero attached hydrogens (tertiary/aromatic N) is 2. The van der Waals surface area contributed by atoms with Crippen molar-refractivity contribution in [2.75, 3.05) is 18.0 Å². The number of fused-ring (bicyclic) bond motifs is 1. The van der Waals surface area contributed by atoms with E-state index in [1.165, 1.54) is 16.8 Å². The van der Waals surface area contributed by atoms with Crippen molar-refractivity contribution in [1.82, 2.24) is 5.16 Å². The fraction of sp³-hybridized carbons (Fsp3) is 0.526. The fourth-order valence-corrected chi connectivity index (χ4v) is 4.10. The van der Waals surface area contributed by atoms with Crippen LogP contribution < -0.4 is 4.90 Å². The predicted octanol–water partition coefficient (Wildman–Crippen LogP) is 4.60. The minimum absolute atomic E-state index is 0.421. The lowest BCUT2D eigenvalue weighted by Crippen LogP contribution is -2.28. The molecule has 1 heterocycles. The molecule has 3 unspecified atom stereocenters. The topological polar surface area (TPSA) is 29.3 Å². The molecule has 0 saturated heterocycles. The molecular weight excluding hydrogens is 272 g/mol. The first-order valence-corrected chi connectivity index (χ1v) is 8.44. The lowest BCUT2D eigenvalue weighted by atomic mass is 9.69. The minimum atomic E-state index is 0.421. The van der Waals surface area contributed by atoms with Crippen LogP contribution >= 0.6 is 0 Å². The highest BCUT2D eigenvalue weighted by Crippen LogP contribution is 2.47. The molecule has 118 valence electrons.